The summed E-state index contributed by atoms with van der Waals surface area (Å²) in [6.45, 7) is 6.57. The summed E-state index contributed by atoms with van der Waals surface area (Å²) in [5.74, 6) is 0.269. The molecule has 0 aromatic heterocycles. The van der Waals surface area contributed by atoms with Gasteiger partial charge in [-0.25, -0.2) is 0 Å². The zero-order valence-corrected chi connectivity index (χ0v) is 8.13. The van der Waals surface area contributed by atoms with Crippen LogP contribution in [0.25, 0.3) is 0 Å². The number of rotatable bonds is 5. The highest BCUT2D eigenvalue weighted by atomic mass is 16.3. The van der Waals surface area contributed by atoms with Crippen molar-refractivity contribution in [2.75, 3.05) is 13.2 Å². The third kappa shape index (κ3) is 5.13. The van der Waals surface area contributed by atoms with Crippen molar-refractivity contribution in [3.63, 3.8) is 0 Å². The first-order chi connectivity index (χ1) is 5.57. The number of amides is 1. The fourth-order valence-corrected chi connectivity index (χ4v) is 0.741. The van der Waals surface area contributed by atoms with Crippen LogP contribution in [0, 0.1) is 11.8 Å². The van der Waals surface area contributed by atoms with Crippen LogP contribution < -0.4 is 5.32 Å². The number of aliphatic hydroxyl groups excluding tert-OH is 1. The van der Waals surface area contributed by atoms with Gasteiger partial charge in [-0.2, -0.15) is 0 Å². The summed E-state index contributed by atoms with van der Waals surface area (Å²) in [6, 6.07) is 0. The molecule has 72 valence electrons. The van der Waals surface area contributed by atoms with Crippen molar-refractivity contribution in [2.24, 2.45) is 11.8 Å². The first-order valence-electron chi connectivity index (χ1n) is 4.46. The molecule has 0 heterocycles. The lowest BCUT2D eigenvalue weighted by Gasteiger charge is -2.10. The third-order valence-electron chi connectivity index (χ3n) is 1.74. The van der Waals surface area contributed by atoms with Crippen molar-refractivity contribution in [1.82, 2.24) is 5.32 Å². The van der Waals surface area contributed by atoms with E-state index in [1.54, 1.807) is 6.92 Å². The van der Waals surface area contributed by atoms with E-state index >= 15 is 0 Å². The van der Waals surface area contributed by atoms with Gasteiger partial charge in [0.15, 0.2) is 0 Å². The predicted molar refractivity (Wildman–Crippen MR) is 48.7 cm³/mol. The summed E-state index contributed by atoms with van der Waals surface area (Å²) in [7, 11) is 0. The smallest absolute Gasteiger partial charge is 0.225 e. The molecule has 2 N–H and O–H groups in total. The SMILES string of the molecule is CC(C)CCNC(=O)C(C)CO. The minimum Gasteiger partial charge on any atom is -0.396 e. The second-order valence-electron chi connectivity index (χ2n) is 3.56. The highest BCUT2D eigenvalue weighted by Gasteiger charge is 2.09. The molecule has 12 heavy (non-hydrogen) atoms. The van der Waals surface area contributed by atoms with Crippen LogP contribution in [0.1, 0.15) is 27.2 Å². The van der Waals surface area contributed by atoms with E-state index in [0.717, 1.165) is 6.42 Å². The van der Waals surface area contributed by atoms with Crippen LogP contribution in [0.2, 0.25) is 0 Å². The number of hydrogen-bond acceptors (Lipinski definition) is 2. The lowest BCUT2D eigenvalue weighted by molar-refractivity contribution is -0.125. The Kier molecular flexibility index (Phi) is 5.72. The van der Waals surface area contributed by atoms with Crippen LogP contribution in [0.3, 0.4) is 0 Å². The van der Waals surface area contributed by atoms with Crippen LogP contribution in [0.4, 0.5) is 0 Å². The average Bonchev–Trinajstić information content (AvgIpc) is 2.02. The Bertz CT molecular complexity index is 134. The van der Waals surface area contributed by atoms with Crippen LogP contribution in [-0.2, 0) is 4.79 Å². The Morgan fingerprint density at radius 3 is 2.42 bits per heavy atom. The first-order valence-corrected chi connectivity index (χ1v) is 4.46. The van der Waals surface area contributed by atoms with Crippen molar-refractivity contribution < 1.29 is 9.90 Å². The molecule has 0 spiro atoms. The van der Waals surface area contributed by atoms with E-state index in [2.05, 4.69) is 19.2 Å². The Morgan fingerprint density at radius 1 is 1.42 bits per heavy atom. The summed E-state index contributed by atoms with van der Waals surface area (Å²) >= 11 is 0. The van der Waals surface area contributed by atoms with Gasteiger partial charge in [0.2, 0.25) is 5.91 Å². The molecule has 0 aliphatic carbocycles. The molecule has 0 aromatic carbocycles. The number of carbonyl (C=O) groups is 1. The molecule has 1 atom stereocenters. The van der Waals surface area contributed by atoms with Crippen LogP contribution in [-0.4, -0.2) is 24.2 Å². The van der Waals surface area contributed by atoms with E-state index in [-0.39, 0.29) is 18.4 Å². The van der Waals surface area contributed by atoms with E-state index in [1.165, 1.54) is 0 Å². The fraction of sp³-hybridized carbons (Fsp3) is 0.889. The summed E-state index contributed by atoms with van der Waals surface area (Å²) in [5, 5.41) is 11.4. The lowest BCUT2D eigenvalue weighted by atomic mass is 10.1. The average molecular weight is 173 g/mol. The van der Waals surface area contributed by atoms with Gasteiger partial charge in [0, 0.05) is 6.54 Å². The first kappa shape index (κ1) is 11.4. The molecule has 1 unspecified atom stereocenters. The molecule has 0 aliphatic heterocycles. The van der Waals surface area contributed by atoms with Crippen molar-refractivity contribution in [2.45, 2.75) is 27.2 Å². The second kappa shape index (κ2) is 6.00. The molecule has 0 saturated carbocycles. The highest BCUT2D eigenvalue weighted by Crippen LogP contribution is 1.97. The zero-order chi connectivity index (χ0) is 9.56. The van der Waals surface area contributed by atoms with Crippen LogP contribution >= 0.6 is 0 Å². The van der Waals surface area contributed by atoms with E-state index in [0.29, 0.717) is 12.5 Å². The summed E-state index contributed by atoms with van der Waals surface area (Å²) in [5.41, 5.74) is 0. The van der Waals surface area contributed by atoms with Crippen LogP contribution in [0.5, 0.6) is 0 Å². The van der Waals surface area contributed by atoms with Crippen LogP contribution in [0.15, 0.2) is 0 Å². The predicted octanol–water partition coefficient (Wildman–Crippen LogP) is 0.777. The van der Waals surface area contributed by atoms with E-state index < -0.39 is 0 Å². The lowest BCUT2D eigenvalue weighted by Crippen LogP contribution is -2.32. The topological polar surface area (TPSA) is 49.3 Å². The van der Waals surface area contributed by atoms with E-state index in [9.17, 15) is 4.79 Å². The Labute approximate surface area is 74.2 Å². The normalized spacial score (nSPS) is 13.1. The third-order valence-corrected chi connectivity index (χ3v) is 1.74. The van der Waals surface area contributed by atoms with E-state index in [4.69, 9.17) is 5.11 Å². The molecule has 0 rings (SSSR count). The standard InChI is InChI=1S/C9H19NO2/c1-7(2)4-5-10-9(12)8(3)6-11/h7-8,11H,4-6H2,1-3H3,(H,10,12). The zero-order valence-electron chi connectivity index (χ0n) is 8.13. The molecule has 0 radical (unpaired) electrons. The maximum Gasteiger partial charge on any atom is 0.225 e. The molecule has 0 bridgehead atoms. The summed E-state index contributed by atoms with van der Waals surface area (Å²) in [6.07, 6.45) is 0.990. The molecule has 0 fully saturated rings. The van der Waals surface area contributed by atoms with Crippen molar-refractivity contribution >= 4 is 5.91 Å². The quantitative estimate of drug-likeness (QED) is 0.645. The van der Waals surface area contributed by atoms with E-state index in [1.807, 2.05) is 0 Å². The molecule has 1 amide bonds. The Morgan fingerprint density at radius 2 is 2.00 bits per heavy atom. The van der Waals surface area contributed by atoms with Gasteiger partial charge in [-0.1, -0.05) is 20.8 Å². The maximum absolute atomic E-state index is 11.1. The second-order valence-corrected chi connectivity index (χ2v) is 3.56. The van der Waals surface area contributed by atoms with Gasteiger partial charge in [0.1, 0.15) is 0 Å². The maximum atomic E-state index is 11.1. The van der Waals surface area contributed by atoms with Gasteiger partial charge < -0.3 is 10.4 Å². The van der Waals surface area contributed by atoms with Gasteiger partial charge in [0.05, 0.1) is 12.5 Å². The molecule has 0 aromatic rings. The molecule has 3 nitrogen and oxygen atoms in total. The Balaban J connectivity index is 3.44. The molecular formula is C9H19NO2. The summed E-state index contributed by atoms with van der Waals surface area (Å²) in [4.78, 5) is 11.1. The van der Waals surface area contributed by atoms with Gasteiger partial charge in [-0.05, 0) is 12.3 Å². The summed E-state index contributed by atoms with van der Waals surface area (Å²) < 4.78 is 0. The molecule has 0 saturated heterocycles. The van der Waals surface area contributed by atoms with Crippen molar-refractivity contribution in [1.29, 1.82) is 0 Å². The van der Waals surface area contributed by atoms with Gasteiger partial charge in [0.25, 0.3) is 0 Å². The molecule has 3 heteroatoms. The number of hydrogen-bond donors (Lipinski definition) is 2. The van der Waals surface area contributed by atoms with Gasteiger partial charge >= 0.3 is 0 Å². The van der Waals surface area contributed by atoms with Crippen molar-refractivity contribution in [3.8, 4) is 0 Å². The number of carbonyl (C=O) groups excluding carboxylic acids is 1. The highest BCUT2D eigenvalue weighted by molar-refractivity contribution is 5.78. The number of nitrogens with one attached hydrogen (secondary N) is 1. The van der Waals surface area contributed by atoms with Crippen molar-refractivity contribution in [3.05, 3.63) is 0 Å². The largest absolute Gasteiger partial charge is 0.396 e. The fourth-order valence-electron chi connectivity index (χ4n) is 0.741. The monoisotopic (exact) mass is 173 g/mol. The molecule has 0 aliphatic rings. The van der Waals surface area contributed by atoms with Gasteiger partial charge in [-0.15, -0.1) is 0 Å². The molecular weight excluding hydrogens is 154 g/mol. The Hall–Kier alpha value is -0.570. The minimum atomic E-state index is -0.280. The number of aliphatic hydroxyl groups is 1. The minimum absolute atomic E-state index is 0.0573. The van der Waals surface area contributed by atoms with Gasteiger partial charge in [-0.3, -0.25) is 4.79 Å².